The van der Waals surface area contributed by atoms with Crippen LogP contribution in [0.1, 0.15) is 44.2 Å². The molecule has 0 amide bonds. The molecule has 0 fully saturated rings. The van der Waals surface area contributed by atoms with Crippen molar-refractivity contribution in [3.8, 4) is 11.5 Å². The van der Waals surface area contributed by atoms with E-state index in [1.54, 1.807) is 24.3 Å². The number of aliphatic carboxylic acids is 2. The van der Waals surface area contributed by atoms with E-state index >= 15 is 0 Å². The highest BCUT2D eigenvalue weighted by atomic mass is 16.4. The van der Waals surface area contributed by atoms with Gasteiger partial charge in [-0.3, -0.25) is 0 Å². The Bertz CT molecular complexity index is 760. The average Bonchev–Trinajstić information content (AvgIpc) is 2.66. The highest BCUT2D eigenvalue weighted by molar-refractivity contribution is 5.85. The lowest BCUT2D eigenvalue weighted by atomic mass is 9.88. The van der Waals surface area contributed by atoms with Crippen LogP contribution in [0, 0.1) is 0 Å². The van der Waals surface area contributed by atoms with Gasteiger partial charge in [-0.1, -0.05) is 56.5 Å². The van der Waals surface area contributed by atoms with Crippen LogP contribution in [-0.4, -0.2) is 32.4 Å². The molecule has 156 valence electrons. The number of aromatic hydroxyl groups is 2. The molecule has 2 rings (SSSR count). The number of benzene rings is 2. The van der Waals surface area contributed by atoms with Crippen molar-refractivity contribution in [3.05, 3.63) is 84.0 Å². The predicted octanol–water partition coefficient (Wildman–Crippen LogP) is 4.93. The van der Waals surface area contributed by atoms with E-state index < -0.39 is 11.9 Å². The minimum Gasteiger partial charge on any atom is -0.508 e. The number of carboxylic acid groups (broad SMARTS) is 2. The van der Waals surface area contributed by atoms with E-state index in [0.29, 0.717) is 0 Å². The number of phenols is 2. The third kappa shape index (κ3) is 9.28. The van der Waals surface area contributed by atoms with Crippen LogP contribution in [0.5, 0.6) is 11.5 Å². The lowest BCUT2D eigenvalue weighted by Gasteiger charge is -2.18. The fourth-order valence-electron chi connectivity index (χ4n) is 2.17. The summed E-state index contributed by atoms with van der Waals surface area (Å²) in [7, 11) is 0. The lowest BCUT2D eigenvalue weighted by molar-refractivity contribution is -0.133. The van der Waals surface area contributed by atoms with Crippen LogP contribution in [0.2, 0.25) is 0 Å². The van der Waals surface area contributed by atoms with Gasteiger partial charge in [0.25, 0.3) is 0 Å². The molecule has 29 heavy (non-hydrogen) atoms. The van der Waals surface area contributed by atoms with Gasteiger partial charge in [0.1, 0.15) is 11.5 Å². The van der Waals surface area contributed by atoms with Gasteiger partial charge in [-0.25, -0.2) is 9.59 Å². The van der Waals surface area contributed by atoms with Crippen LogP contribution in [-0.2, 0) is 9.59 Å². The topological polar surface area (TPSA) is 115 Å². The van der Waals surface area contributed by atoms with E-state index in [2.05, 4.69) is 13.2 Å². The van der Waals surface area contributed by atoms with Crippen LogP contribution in [0.4, 0.5) is 0 Å². The zero-order valence-corrected chi connectivity index (χ0v) is 16.9. The fourth-order valence-corrected chi connectivity index (χ4v) is 2.17. The first kappa shape index (κ1) is 25.5. The number of para-hydroxylation sites is 2. The number of carboxylic acids is 2. The molecule has 0 unspecified atom stereocenters. The fraction of sp³-hybridized carbons (Fsp3) is 0.217. The summed E-state index contributed by atoms with van der Waals surface area (Å²) in [5, 5.41) is 35.5. The predicted molar refractivity (Wildman–Crippen MR) is 113 cm³/mol. The first-order valence-electron chi connectivity index (χ1n) is 8.86. The van der Waals surface area contributed by atoms with Crippen molar-refractivity contribution in [1.82, 2.24) is 0 Å². The lowest BCUT2D eigenvalue weighted by Crippen LogP contribution is -2.00. The molecule has 0 atom stereocenters. The molecular weight excluding hydrogens is 372 g/mol. The summed E-state index contributed by atoms with van der Waals surface area (Å²) in [4.78, 5) is 19.2. The molecule has 2 aromatic rings. The summed E-state index contributed by atoms with van der Waals surface area (Å²) in [6.07, 6.45) is 0.829. The van der Waals surface area contributed by atoms with Gasteiger partial charge in [0, 0.05) is 28.2 Å². The second-order valence-electron chi connectivity index (χ2n) is 6.25. The summed E-state index contributed by atoms with van der Waals surface area (Å²) in [5.74, 6) is -1.28. The third-order valence-electron chi connectivity index (χ3n) is 3.76. The molecule has 0 saturated carbocycles. The Kier molecular flexibility index (Phi) is 11.2. The van der Waals surface area contributed by atoms with Crippen LogP contribution in [0.15, 0.2) is 72.8 Å². The standard InChI is InChI=1S/C15H16O2.2C4H6O2/c1-2-11(12-7-3-5-9-14(12)16)13-8-4-6-10-15(13)17;2*1-3(2)4(5)6/h3-11,16-17H,2H2,1H3;2*1H2,2H3,(H,5,6). The van der Waals surface area contributed by atoms with E-state index in [9.17, 15) is 19.8 Å². The van der Waals surface area contributed by atoms with E-state index in [1.165, 1.54) is 13.8 Å². The zero-order chi connectivity index (χ0) is 22.6. The molecule has 0 aliphatic heterocycles. The molecule has 0 spiro atoms. The van der Waals surface area contributed by atoms with Gasteiger partial charge in [0.15, 0.2) is 0 Å². The van der Waals surface area contributed by atoms with Gasteiger partial charge in [0.2, 0.25) is 0 Å². The Balaban J connectivity index is 0.000000542. The van der Waals surface area contributed by atoms with Gasteiger partial charge in [-0.15, -0.1) is 0 Å². The Labute approximate surface area is 171 Å². The first-order chi connectivity index (χ1) is 13.5. The van der Waals surface area contributed by atoms with Gasteiger partial charge >= 0.3 is 11.9 Å². The maximum absolute atomic E-state index is 9.88. The van der Waals surface area contributed by atoms with Crippen molar-refractivity contribution in [1.29, 1.82) is 0 Å². The van der Waals surface area contributed by atoms with Crippen LogP contribution in [0.3, 0.4) is 0 Å². The number of hydrogen-bond acceptors (Lipinski definition) is 4. The van der Waals surface area contributed by atoms with Crippen molar-refractivity contribution in [2.24, 2.45) is 0 Å². The Morgan fingerprint density at radius 1 is 0.793 bits per heavy atom. The summed E-state index contributed by atoms with van der Waals surface area (Å²) in [6.45, 7) is 11.2. The Morgan fingerprint density at radius 2 is 1.07 bits per heavy atom. The minimum absolute atomic E-state index is 0.0254. The zero-order valence-electron chi connectivity index (χ0n) is 16.9. The Hall–Kier alpha value is -3.54. The van der Waals surface area contributed by atoms with Crippen molar-refractivity contribution >= 4 is 11.9 Å². The smallest absolute Gasteiger partial charge is 0.330 e. The van der Waals surface area contributed by atoms with Crippen molar-refractivity contribution in [2.75, 3.05) is 0 Å². The maximum atomic E-state index is 9.88. The molecule has 2 aromatic carbocycles. The molecule has 4 N–H and O–H groups in total. The van der Waals surface area contributed by atoms with Crippen molar-refractivity contribution < 1.29 is 30.0 Å². The molecule has 0 saturated heterocycles. The van der Waals surface area contributed by atoms with E-state index in [-0.39, 0.29) is 28.6 Å². The number of phenolic OH excluding ortho intramolecular Hbond substituents is 2. The summed E-state index contributed by atoms with van der Waals surface area (Å²) >= 11 is 0. The first-order valence-corrected chi connectivity index (χ1v) is 8.86. The van der Waals surface area contributed by atoms with Gasteiger partial charge in [0.05, 0.1) is 0 Å². The highest BCUT2D eigenvalue weighted by Crippen LogP contribution is 2.37. The normalized spacial score (nSPS) is 9.38. The summed E-state index contributed by atoms with van der Waals surface area (Å²) in [6, 6.07) is 14.6. The molecule has 0 radical (unpaired) electrons. The van der Waals surface area contributed by atoms with E-state index in [1.807, 2.05) is 31.2 Å². The number of rotatable bonds is 5. The largest absolute Gasteiger partial charge is 0.508 e. The molecule has 6 nitrogen and oxygen atoms in total. The molecule has 6 heteroatoms. The third-order valence-corrected chi connectivity index (χ3v) is 3.76. The maximum Gasteiger partial charge on any atom is 0.330 e. The van der Waals surface area contributed by atoms with Crippen LogP contribution < -0.4 is 0 Å². The van der Waals surface area contributed by atoms with Gasteiger partial charge < -0.3 is 20.4 Å². The average molecular weight is 400 g/mol. The van der Waals surface area contributed by atoms with Gasteiger partial charge in [-0.2, -0.15) is 0 Å². The molecule has 0 aromatic heterocycles. The Morgan fingerprint density at radius 3 is 1.28 bits per heavy atom. The molecule has 0 heterocycles. The highest BCUT2D eigenvalue weighted by Gasteiger charge is 2.17. The summed E-state index contributed by atoms with van der Waals surface area (Å²) in [5.41, 5.74) is 2.07. The number of hydrogen-bond donors (Lipinski definition) is 4. The summed E-state index contributed by atoms with van der Waals surface area (Å²) < 4.78 is 0. The van der Waals surface area contributed by atoms with Crippen LogP contribution >= 0.6 is 0 Å². The van der Waals surface area contributed by atoms with Crippen molar-refractivity contribution in [2.45, 2.75) is 33.1 Å². The van der Waals surface area contributed by atoms with Crippen molar-refractivity contribution in [3.63, 3.8) is 0 Å². The van der Waals surface area contributed by atoms with Gasteiger partial charge in [-0.05, 0) is 32.4 Å². The molecule has 0 aliphatic rings. The SMILES string of the molecule is C=C(C)C(=O)O.C=C(C)C(=O)O.CCC(c1ccccc1O)c1ccccc1O. The van der Waals surface area contributed by atoms with Crippen LogP contribution in [0.25, 0.3) is 0 Å². The molecule has 0 aliphatic carbocycles. The quantitative estimate of drug-likeness (QED) is 0.529. The second kappa shape index (κ2) is 12.8. The minimum atomic E-state index is -0.935. The molecular formula is C23H28O6. The number of carbonyl (C=O) groups is 2. The molecule has 0 bridgehead atoms. The van der Waals surface area contributed by atoms with E-state index in [4.69, 9.17) is 10.2 Å². The monoisotopic (exact) mass is 400 g/mol. The second-order valence-corrected chi connectivity index (χ2v) is 6.25. The van der Waals surface area contributed by atoms with E-state index in [0.717, 1.165) is 17.5 Å².